The van der Waals surface area contributed by atoms with Gasteiger partial charge in [0.25, 0.3) is 0 Å². The molecule has 1 heterocycles. The van der Waals surface area contributed by atoms with Gasteiger partial charge in [-0.05, 0) is 30.9 Å². The summed E-state index contributed by atoms with van der Waals surface area (Å²) in [6.45, 7) is 10.7. The number of thiophene rings is 1. The number of amides is 1. The maximum absolute atomic E-state index is 11.6. The van der Waals surface area contributed by atoms with Gasteiger partial charge in [-0.2, -0.15) is 0 Å². The Morgan fingerprint density at radius 1 is 1.44 bits per heavy atom. The van der Waals surface area contributed by atoms with Crippen molar-refractivity contribution in [3.63, 3.8) is 0 Å². The fourth-order valence-corrected chi connectivity index (χ4v) is 2.75. The van der Waals surface area contributed by atoms with E-state index < -0.39 is 0 Å². The first-order chi connectivity index (χ1) is 8.25. The van der Waals surface area contributed by atoms with Crippen LogP contribution in [0.2, 0.25) is 0 Å². The Morgan fingerprint density at radius 3 is 2.44 bits per heavy atom. The first kappa shape index (κ1) is 15.2. The lowest BCUT2D eigenvalue weighted by Crippen LogP contribution is -2.38. The number of rotatable bonds is 5. The summed E-state index contributed by atoms with van der Waals surface area (Å²) in [4.78, 5) is 13.9. The van der Waals surface area contributed by atoms with Crippen molar-refractivity contribution in [2.24, 2.45) is 5.73 Å². The van der Waals surface area contributed by atoms with Gasteiger partial charge in [0.2, 0.25) is 5.91 Å². The maximum Gasteiger partial charge on any atom is 0.240 e. The molecular weight excluding hydrogens is 244 g/mol. The minimum Gasteiger partial charge on any atom is -0.368 e. The highest BCUT2D eigenvalue weighted by Crippen LogP contribution is 2.32. The van der Waals surface area contributed by atoms with E-state index >= 15 is 0 Å². The zero-order valence-electron chi connectivity index (χ0n) is 11.9. The second kappa shape index (κ2) is 5.85. The average Bonchev–Trinajstić information content (AvgIpc) is 2.73. The predicted octanol–water partition coefficient (Wildman–Crippen LogP) is 2.96. The van der Waals surface area contributed by atoms with Crippen molar-refractivity contribution in [2.45, 2.75) is 58.5 Å². The van der Waals surface area contributed by atoms with E-state index in [0.717, 1.165) is 11.3 Å². The largest absolute Gasteiger partial charge is 0.368 e. The molecule has 0 saturated carbocycles. The molecule has 3 nitrogen and oxygen atoms in total. The summed E-state index contributed by atoms with van der Waals surface area (Å²) in [6.07, 6.45) is 0.973. The third-order valence-corrected chi connectivity index (χ3v) is 4.57. The first-order valence-corrected chi connectivity index (χ1v) is 7.23. The third-order valence-electron chi connectivity index (χ3n) is 3.00. The van der Waals surface area contributed by atoms with Gasteiger partial charge in [0, 0.05) is 15.8 Å². The van der Waals surface area contributed by atoms with Crippen LogP contribution in [-0.2, 0) is 10.2 Å². The highest BCUT2D eigenvalue weighted by Gasteiger charge is 2.23. The lowest BCUT2D eigenvalue weighted by atomic mass is 9.95. The molecule has 1 aromatic heterocycles. The fraction of sp³-hybridized carbons (Fsp3) is 0.643. The molecule has 3 N–H and O–H groups in total. The number of hydrogen-bond acceptors (Lipinski definition) is 3. The van der Waals surface area contributed by atoms with E-state index in [1.807, 2.05) is 6.07 Å². The van der Waals surface area contributed by atoms with Crippen LogP contribution in [-0.4, -0.2) is 11.9 Å². The van der Waals surface area contributed by atoms with Gasteiger partial charge in [-0.3, -0.25) is 10.1 Å². The number of primary amides is 1. The summed E-state index contributed by atoms with van der Waals surface area (Å²) in [5, 5.41) is 3.28. The molecule has 0 aromatic carbocycles. The van der Waals surface area contributed by atoms with E-state index in [2.05, 4.69) is 46.0 Å². The van der Waals surface area contributed by atoms with Gasteiger partial charge in [0.05, 0.1) is 0 Å². The van der Waals surface area contributed by atoms with Crippen molar-refractivity contribution in [3.8, 4) is 0 Å². The summed E-state index contributed by atoms with van der Waals surface area (Å²) in [5.41, 5.74) is 5.61. The second-order valence-corrected chi connectivity index (χ2v) is 6.88. The molecule has 18 heavy (non-hydrogen) atoms. The summed E-state index contributed by atoms with van der Waals surface area (Å²) >= 11 is 1.67. The van der Waals surface area contributed by atoms with E-state index in [9.17, 15) is 4.79 Å². The SMILES string of the molecule is CCC(C)NC(C(N)=O)c1ccc(C(C)(C)C)s1. The third kappa shape index (κ3) is 3.82. The van der Waals surface area contributed by atoms with Gasteiger partial charge in [-0.25, -0.2) is 0 Å². The van der Waals surface area contributed by atoms with E-state index in [1.165, 1.54) is 4.88 Å². The van der Waals surface area contributed by atoms with Crippen LogP contribution < -0.4 is 11.1 Å². The van der Waals surface area contributed by atoms with E-state index in [-0.39, 0.29) is 23.4 Å². The molecule has 0 saturated heterocycles. The topological polar surface area (TPSA) is 55.1 Å². The van der Waals surface area contributed by atoms with Gasteiger partial charge >= 0.3 is 0 Å². The molecule has 102 valence electrons. The van der Waals surface area contributed by atoms with Crippen molar-refractivity contribution in [1.82, 2.24) is 5.32 Å². The Balaban J connectivity index is 2.93. The molecule has 2 unspecified atom stereocenters. The van der Waals surface area contributed by atoms with Crippen LogP contribution in [0.3, 0.4) is 0 Å². The average molecular weight is 268 g/mol. The molecule has 0 radical (unpaired) electrons. The minimum absolute atomic E-state index is 0.113. The molecule has 2 atom stereocenters. The monoisotopic (exact) mass is 268 g/mol. The van der Waals surface area contributed by atoms with Crippen LogP contribution in [0.4, 0.5) is 0 Å². The molecular formula is C14H24N2OS. The fourth-order valence-electron chi connectivity index (χ4n) is 1.62. The molecule has 4 heteroatoms. The zero-order valence-corrected chi connectivity index (χ0v) is 12.7. The first-order valence-electron chi connectivity index (χ1n) is 6.41. The van der Waals surface area contributed by atoms with Crippen molar-refractivity contribution >= 4 is 17.2 Å². The van der Waals surface area contributed by atoms with Crippen LogP contribution >= 0.6 is 11.3 Å². The van der Waals surface area contributed by atoms with Crippen molar-refractivity contribution < 1.29 is 4.79 Å². The van der Waals surface area contributed by atoms with Crippen molar-refractivity contribution in [3.05, 3.63) is 21.9 Å². The maximum atomic E-state index is 11.6. The van der Waals surface area contributed by atoms with Crippen LogP contribution in [0, 0.1) is 0 Å². The Hall–Kier alpha value is -0.870. The number of hydrogen-bond donors (Lipinski definition) is 2. The Labute approximate surface area is 114 Å². The molecule has 1 rings (SSSR count). The second-order valence-electron chi connectivity index (χ2n) is 5.76. The molecule has 0 bridgehead atoms. The predicted molar refractivity (Wildman–Crippen MR) is 77.8 cm³/mol. The lowest BCUT2D eigenvalue weighted by Gasteiger charge is -2.19. The van der Waals surface area contributed by atoms with Crippen LogP contribution in [0.25, 0.3) is 0 Å². The summed E-state index contributed by atoms with van der Waals surface area (Å²) in [6, 6.07) is 4.01. The van der Waals surface area contributed by atoms with Gasteiger partial charge in [0.1, 0.15) is 6.04 Å². The van der Waals surface area contributed by atoms with Gasteiger partial charge in [0.15, 0.2) is 0 Å². The molecule has 0 fully saturated rings. The zero-order chi connectivity index (χ0) is 13.9. The standard InChI is InChI=1S/C14H24N2OS/c1-6-9(2)16-12(13(15)17)10-7-8-11(18-10)14(3,4)5/h7-9,12,16H,6H2,1-5H3,(H2,15,17). The molecule has 0 aliphatic rings. The quantitative estimate of drug-likeness (QED) is 0.862. The minimum atomic E-state index is -0.374. The Kier molecular flexibility index (Phi) is 4.93. The highest BCUT2D eigenvalue weighted by molar-refractivity contribution is 7.12. The van der Waals surface area contributed by atoms with Gasteiger partial charge in [-0.15, -0.1) is 11.3 Å². The molecule has 1 amide bonds. The van der Waals surface area contributed by atoms with Crippen LogP contribution in [0.5, 0.6) is 0 Å². The van der Waals surface area contributed by atoms with Crippen molar-refractivity contribution in [1.29, 1.82) is 0 Å². The van der Waals surface area contributed by atoms with Gasteiger partial charge < -0.3 is 5.73 Å². The number of nitrogens with two attached hydrogens (primary N) is 1. The normalized spacial score (nSPS) is 15.4. The summed E-state index contributed by atoms with van der Waals surface area (Å²) < 4.78 is 0. The highest BCUT2D eigenvalue weighted by atomic mass is 32.1. The molecule has 0 aliphatic heterocycles. The van der Waals surface area contributed by atoms with E-state index in [4.69, 9.17) is 5.73 Å². The summed E-state index contributed by atoms with van der Waals surface area (Å²) in [7, 11) is 0. The van der Waals surface area contributed by atoms with E-state index in [1.54, 1.807) is 11.3 Å². The summed E-state index contributed by atoms with van der Waals surface area (Å²) in [5.74, 6) is -0.308. The van der Waals surface area contributed by atoms with E-state index in [0.29, 0.717) is 0 Å². The number of nitrogens with one attached hydrogen (secondary N) is 1. The molecule has 0 spiro atoms. The lowest BCUT2D eigenvalue weighted by molar-refractivity contribution is -0.120. The molecule has 0 aliphatic carbocycles. The van der Waals surface area contributed by atoms with Crippen LogP contribution in [0.1, 0.15) is 56.8 Å². The molecule has 1 aromatic rings. The Morgan fingerprint density at radius 2 is 2.06 bits per heavy atom. The van der Waals surface area contributed by atoms with Crippen LogP contribution in [0.15, 0.2) is 12.1 Å². The smallest absolute Gasteiger partial charge is 0.240 e. The van der Waals surface area contributed by atoms with Crippen molar-refractivity contribution in [2.75, 3.05) is 0 Å². The Bertz CT molecular complexity index is 406. The number of carbonyl (C=O) groups excluding carboxylic acids is 1. The number of carbonyl (C=O) groups is 1. The van der Waals surface area contributed by atoms with Gasteiger partial charge in [-0.1, -0.05) is 27.7 Å².